The van der Waals surface area contributed by atoms with Crippen molar-refractivity contribution in [3.8, 4) is 11.3 Å². The fourth-order valence-corrected chi connectivity index (χ4v) is 4.34. The molecule has 4 rings (SSSR count). The molecule has 0 bridgehead atoms. The molecule has 0 aliphatic rings. The summed E-state index contributed by atoms with van der Waals surface area (Å²) in [7, 11) is 8.17. The fraction of sp³-hybridized carbons (Fsp3) is 0.367. The van der Waals surface area contributed by atoms with Crippen molar-refractivity contribution in [2.75, 3.05) is 55.5 Å². The molecule has 0 aliphatic carbocycles. The minimum atomic E-state index is -0.566. The largest absolute Gasteiger partial charge is 0.397 e. The second-order valence-corrected chi connectivity index (χ2v) is 11.4. The first-order chi connectivity index (χ1) is 18.3. The van der Waals surface area contributed by atoms with Gasteiger partial charge in [-0.15, -0.1) is 0 Å². The summed E-state index contributed by atoms with van der Waals surface area (Å²) < 4.78 is 2.06. The number of aromatic nitrogens is 3. The number of aryl methyl sites for hydroxylation is 2. The van der Waals surface area contributed by atoms with Gasteiger partial charge in [0, 0.05) is 61.0 Å². The third-order valence-electron chi connectivity index (χ3n) is 6.78. The first-order valence-corrected chi connectivity index (χ1v) is 13.1. The summed E-state index contributed by atoms with van der Waals surface area (Å²) in [6.07, 6.45) is 3.70. The smallest absolute Gasteiger partial charge is 0.229 e. The van der Waals surface area contributed by atoms with Crippen molar-refractivity contribution in [3.05, 3.63) is 54.4 Å². The Bertz CT molecular complexity index is 1500. The molecule has 4 N–H and O–H groups in total. The number of hydrogen-bond acceptors (Lipinski definition) is 7. The van der Waals surface area contributed by atoms with E-state index in [0.717, 1.165) is 46.5 Å². The van der Waals surface area contributed by atoms with E-state index in [1.165, 1.54) is 0 Å². The van der Waals surface area contributed by atoms with E-state index in [4.69, 9.17) is 10.7 Å². The molecule has 0 saturated carbocycles. The highest BCUT2D eigenvalue weighted by Crippen LogP contribution is 2.36. The van der Waals surface area contributed by atoms with Crippen molar-refractivity contribution in [2.24, 2.45) is 12.5 Å². The molecular formula is C30H40N8O. The molecule has 0 aliphatic heterocycles. The molecule has 1 amide bonds. The maximum atomic E-state index is 12.9. The van der Waals surface area contributed by atoms with E-state index in [-0.39, 0.29) is 5.91 Å². The van der Waals surface area contributed by atoms with E-state index in [1.54, 1.807) is 6.20 Å². The van der Waals surface area contributed by atoms with E-state index in [2.05, 4.69) is 62.3 Å². The molecule has 0 unspecified atom stereocenters. The Labute approximate surface area is 231 Å². The summed E-state index contributed by atoms with van der Waals surface area (Å²) in [5.41, 5.74) is 12.6. The van der Waals surface area contributed by atoms with Crippen molar-refractivity contribution in [1.29, 1.82) is 0 Å². The number of nitrogens with one attached hydrogen (secondary N) is 2. The molecule has 0 fully saturated rings. The van der Waals surface area contributed by atoms with Crippen LogP contribution < -0.4 is 21.3 Å². The van der Waals surface area contributed by atoms with Gasteiger partial charge in [-0.05, 0) is 44.8 Å². The van der Waals surface area contributed by atoms with Crippen LogP contribution in [0.3, 0.4) is 0 Å². The van der Waals surface area contributed by atoms with Gasteiger partial charge in [-0.2, -0.15) is 0 Å². The number of nitrogens with two attached hydrogens (primary N) is 1. The van der Waals surface area contributed by atoms with Crippen LogP contribution in [0.15, 0.2) is 48.8 Å². The highest BCUT2D eigenvalue weighted by Gasteiger charge is 2.24. The number of rotatable bonds is 8. The summed E-state index contributed by atoms with van der Waals surface area (Å²) in [6.45, 7) is 9.47. The maximum absolute atomic E-state index is 12.9. The first-order valence-electron chi connectivity index (χ1n) is 13.1. The Kier molecular flexibility index (Phi) is 7.83. The van der Waals surface area contributed by atoms with Gasteiger partial charge in [0.15, 0.2) is 0 Å². The Morgan fingerprint density at radius 1 is 1.08 bits per heavy atom. The van der Waals surface area contributed by atoms with Crippen LogP contribution in [0.4, 0.5) is 28.7 Å². The lowest BCUT2D eigenvalue weighted by molar-refractivity contribution is -0.123. The average Bonchev–Trinajstić information content (AvgIpc) is 3.21. The number of nitrogens with zero attached hydrogens (tertiary/aromatic N) is 5. The zero-order valence-corrected chi connectivity index (χ0v) is 24.3. The lowest BCUT2D eigenvalue weighted by Gasteiger charge is -2.24. The van der Waals surface area contributed by atoms with Crippen molar-refractivity contribution in [2.45, 2.75) is 27.7 Å². The number of hydrogen-bond donors (Lipinski definition) is 3. The Morgan fingerprint density at radius 3 is 2.49 bits per heavy atom. The Hall–Kier alpha value is -4.11. The summed E-state index contributed by atoms with van der Waals surface area (Å²) in [6, 6.07) is 12.1. The molecule has 206 valence electrons. The monoisotopic (exact) mass is 528 g/mol. The zero-order chi connectivity index (χ0) is 28.5. The number of anilines is 5. The topological polar surface area (TPSA) is 104 Å². The molecule has 0 spiro atoms. The molecule has 4 aromatic rings. The molecule has 2 heterocycles. The second-order valence-electron chi connectivity index (χ2n) is 11.4. The highest BCUT2D eigenvalue weighted by atomic mass is 16.2. The van der Waals surface area contributed by atoms with Crippen LogP contribution in [0.1, 0.15) is 26.3 Å². The quantitative estimate of drug-likeness (QED) is 0.268. The van der Waals surface area contributed by atoms with E-state index in [0.29, 0.717) is 23.0 Å². The maximum Gasteiger partial charge on any atom is 0.229 e. The molecule has 9 nitrogen and oxygen atoms in total. The van der Waals surface area contributed by atoms with E-state index in [1.807, 2.05) is 66.2 Å². The lowest BCUT2D eigenvalue weighted by atomic mass is 9.95. The normalized spacial score (nSPS) is 11.7. The molecule has 0 saturated heterocycles. The predicted octanol–water partition coefficient (Wildman–Crippen LogP) is 5.25. The SMILES string of the molecule is Cc1cc(N(C)CCN(C)C)c(N)cc1Nc1ncc(NC(=O)C(C)(C)C)c(-c2cn(C)c3ccccc23)n1. The van der Waals surface area contributed by atoms with Gasteiger partial charge in [0.1, 0.15) is 5.69 Å². The number of amides is 1. The van der Waals surface area contributed by atoms with Gasteiger partial charge >= 0.3 is 0 Å². The highest BCUT2D eigenvalue weighted by molar-refractivity contribution is 6.02. The van der Waals surface area contributed by atoms with Crippen LogP contribution in [0.25, 0.3) is 22.2 Å². The molecule has 0 radical (unpaired) electrons. The number of nitrogen functional groups attached to an aromatic ring is 1. The summed E-state index contributed by atoms with van der Waals surface area (Å²) in [5.74, 6) is 0.314. The van der Waals surface area contributed by atoms with Crippen molar-refractivity contribution in [3.63, 3.8) is 0 Å². The second kappa shape index (κ2) is 10.9. The summed E-state index contributed by atoms with van der Waals surface area (Å²) in [4.78, 5) is 26.7. The summed E-state index contributed by atoms with van der Waals surface area (Å²) >= 11 is 0. The molecule has 9 heteroatoms. The van der Waals surface area contributed by atoms with Crippen LogP contribution in [-0.4, -0.2) is 59.6 Å². The molecule has 2 aromatic heterocycles. The molecule has 0 atom stereocenters. The van der Waals surface area contributed by atoms with E-state index < -0.39 is 5.41 Å². The van der Waals surface area contributed by atoms with Crippen LogP contribution >= 0.6 is 0 Å². The van der Waals surface area contributed by atoms with Gasteiger partial charge in [0.05, 0.1) is 23.3 Å². The standard InChI is InChI=1S/C30H40N8O/c1-19-15-26(37(7)14-13-36(5)6)22(31)16-23(19)34-29-32-17-24(33-28(39)30(2,3)4)27(35-29)21-18-38(8)25-12-10-9-11-20(21)25/h9-12,15-18H,13-14,31H2,1-8H3,(H,33,39)(H,32,34,35). The number of fused-ring (bicyclic) bond motifs is 1. The van der Waals surface area contributed by atoms with Gasteiger partial charge in [-0.1, -0.05) is 39.0 Å². The molecule has 39 heavy (non-hydrogen) atoms. The number of carbonyl (C=O) groups is 1. The van der Waals surface area contributed by atoms with Crippen molar-refractivity contribution in [1.82, 2.24) is 19.4 Å². The van der Waals surface area contributed by atoms with Crippen molar-refractivity contribution < 1.29 is 4.79 Å². The summed E-state index contributed by atoms with van der Waals surface area (Å²) in [5, 5.41) is 7.44. The van der Waals surface area contributed by atoms with Crippen LogP contribution in [0.2, 0.25) is 0 Å². The van der Waals surface area contributed by atoms with Crippen molar-refractivity contribution >= 4 is 45.5 Å². The molecule has 2 aromatic carbocycles. The van der Waals surface area contributed by atoms with E-state index >= 15 is 0 Å². The van der Waals surface area contributed by atoms with Gasteiger partial charge in [-0.25, -0.2) is 9.97 Å². The minimum Gasteiger partial charge on any atom is -0.397 e. The van der Waals surface area contributed by atoms with Gasteiger partial charge < -0.3 is 30.7 Å². The van der Waals surface area contributed by atoms with Gasteiger partial charge in [0.2, 0.25) is 11.9 Å². The number of carbonyl (C=O) groups excluding carboxylic acids is 1. The van der Waals surface area contributed by atoms with Gasteiger partial charge in [-0.3, -0.25) is 4.79 Å². The van der Waals surface area contributed by atoms with Gasteiger partial charge in [0.25, 0.3) is 0 Å². The number of para-hydroxylation sites is 1. The average molecular weight is 529 g/mol. The third-order valence-corrected chi connectivity index (χ3v) is 6.78. The van der Waals surface area contributed by atoms with Crippen LogP contribution in [0, 0.1) is 12.3 Å². The zero-order valence-electron chi connectivity index (χ0n) is 24.3. The molecular weight excluding hydrogens is 488 g/mol. The predicted molar refractivity (Wildman–Crippen MR) is 163 cm³/mol. The minimum absolute atomic E-state index is 0.106. The number of benzene rings is 2. The van der Waals surface area contributed by atoms with E-state index in [9.17, 15) is 4.79 Å². The first kappa shape index (κ1) is 27.9. The Balaban J connectivity index is 1.73. The van der Waals surface area contributed by atoms with Crippen LogP contribution in [-0.2, 0) is 11.8 Å². The third kappa shape index (κ3) is 6.15. The number of likely N-dealkylation sites (N-methyl/N-ethyl adjacent to an activating group) is 2. The Morgan fingerprint density at radius 2 is 1.79 bits per heavy atom. The van der Waals surface area contributed by atoms with Crippen LogP contribution in [0.5, 0.6) is 0 Å². The fourth-order valence-electron chi connectivity index (χ4n) is 4.34. The lowest BCUT2D eigenvalue weighted by Crippen LogP contribution is -2.29.